The molecular formula is C24H29N5O2. The zero-order chi connectivity index (χ0) is 21.2. The summed E-state index contributed by atoms with van der Waals surface area (Å²) < 4.78 is 0. The van der Waals surface area contributed by atoms with E-state index in [9.17, 15) is 9.59 Å². The summed E-state index contributed by atoms with van der Waals surface area (Å²) in [5, 5.41) is 5.24. The summed E-state index contributed by atoms with van der Waals surface area (Å²) in [6, 6.07) is 16.1. The van der Waals surface area contributed by atoms with E-state index in [1.165, 1.54) is 0 Å². The molecule has 4 atom stereocenters. The van der Waals surface area contributed by atoms with E-state index in [0.29, 0.717) is 19.5 Å². The summed E-state index contributed by atoms with van der Waals surface area (Å²) in [5.41, 5.74) is 5.43. The number of pyridine rings is 1. The first-order valence-electron chi connectivity index (χ1n) is 11.2. The number of piperazine rings is 1. The van der Waals surface area contributed by atoms with Crippen molar-refractivity contribution in [2.24, 2.45) is 5.92 Å². The third-order valence-corrected chi connectivity index (χ3v) is 6.89. The van der Waals surface area contributed by atoms with Crippen molar-refractivity contribution in [1.29, 1.82) is 0 Å². The minimum absolute atomic E-state index is 0.0360. The van der Waals surface area contributed by atoms with Gasteiger partial charge in [0.2, 0.25) is 11.8 Å². The quantitative estimate of drug-likeness (QED) is 0.774. The molecule has 2 aromatic rings. The van der Waals surface area contributed by atoms with Gasteiger partial charge in [0.05, 0.1) is 12.2 Å². The van der Waals surface area contributed by atoms with E-state index in [0.717, 1.165) is 37.1 Å². The largest absolute Gasteiger partial charge is 0.350 e. The summed E-state index contributed by atoms with van der Waals surface area (Å²) in [5.74, 6) is 0.160. The maximum atomic E-state index is 13.4. The molecule has 7 nitrogen and oxygen atoms in total. The van der Waals surface area contributed by atoms with Gasteiger partial charge in [-0.15, -0.1) is 0 Å². The fraction of sp³-hybridized carbons (Fsp3) is 0.458. The number of nitrogens with one attached hydrogen (secondary N) is 2. The van der Waals surface area contributed by atoms with E-state index >= 15 is 0 Å². The topological polar surface area (TPSA) is 77.6 Å². The van der Waals surface area contributed by atoms with Crippen molar-refractivity contribution in [3.05, 3.63) is 66.0 Å². The fourth-order valence-electron chi connectivity index (χ4n) is 5.35. The molecule has 3 aliphatic rings. The van der Waals surface area contributed by atoms with Crippen LogP contribution in [0, 0.1) is 5.92 Å². The molecule has 0 spiro atoms. The van der Waals surface area contributed by atoms with Crippen LogP contribution >= 0.6 is 0 Å². The number of carbonyl (C=O) groups excluding carboxylic acids is 2. The Morgan fingerprint density at radius 3 is 2.71 bits per heavy atom. The van der Waals surface area contributed by atoms with Crippen molar-refractivity contribution in [3.8, 4) is 0 Å². The van der Waals surface area contributed by atoms with Gasteiger partial charge in [-0.2, -0.15) is 0 Å². The van der Waals surface area contributed by atoms with Crippen LogP contribution in [-0.4, -0.2) is 51.4 Å². The van der Waals surface area contributed by atoms with Gasteiger partial charge in [0.15, 0.2) is 0 Å². The Bertz CT molecular complexity index is 922. The molecule has 3 heterocycles. The van der Waals surface area contributed by atoms with Gasteiger partial charge < -0.3 is 10.2 Å². The monoisotopic (exact) mass is 419 g/mol. The van der Waals surface area contributed by atoms with Crippen LogP contribution in [0.25, 0.3) is 0 Å². The Kier molecular flexibility index (Phi) is 5.70. The highest BCUT2D eigenvalue weighted by Gasteiger charge is 2.51. The molecule has 1 aliphatic carbocycles. The van der Waals surface area contributed by atoms with Crippen LogP contribution in [0.4, 0.5) is 0 Å². The lowest BCUT2D eigenvalue weighted by Gasteiger charge is -2.51. The van der Waals surface area contributed by atoms with Gasteiger partial charge in [-0.1, -0.05) is 36.4 Å². The van der Waals surface area contributed by atoms with Gasteiger partial charge in [0.1, 0.15) is 6.04 Å². The number of hydrogen-bond donors (Lipinski definition) is 2. The van der Waals surface area contributed by atoms with Crippen LogP contribution in [0.2, 0.25) is 0 Å². The first-order valence-corrected chi connectivity index (χ1v) is 11.2. The Morgan fingerprint density at radius 2 is 1.90 bits per heavy atom. The molecular weight excluding hydrogens is 390 g/mol. The zero-order valence-corrected chi connectivity index (χ0v) is 17.6. The van der Waals surface area contributed by atoms with Crippen LogP contribution in [0.15, 0.2) is 54.7 Å². The van der Waals surface area contributed by atoms with Crippen LogP contribution in [0.3, 0.4) is 0 Å². The lowest BCUT2D eigenvalue weighted by atomic mass is 9.78. The SMILES string of the molecule is O=C(NCc1ccccn1)C1CCC2C(C1)N(Cc1ccccc1)C(=O)C1CCNN12. The lowest BCUT2D eigenvalue weighted by molar-refractivity contribution is -0.157. The number of aromatic nitrogens is 1. The van der Waals surface area contributed by atoms with Gasteiger partial charge in [0, 0.05) is 37.3 Å². The molecule has 1 saturated carbocycles. The number of hydrogen-bond acceptors (Lipinski definition) is 5. The van der Waals surface area contributed by atoms with Gasteiger partial charge in [-0.05, 0) is 43.4 Å². The second kappa shape index (κ2) is 8.77. The minimum atomic E-state index is -0.0878. The number of fused-ring (bicyclic) bond motifs is 3. The second-order valence-electron chi connectivity index (χ2n) is 8.76. The van der Waals surface area contributed by atoms with Crippen molar-refractivity contribution < 1.29 is 9.59 Å². The minimum Gasteiger partial charge on any atom is -0.350 e. The normalized spacial score (nSPS) is 28.1. The molecule has 2 N–H and O–H groups in total. The Balaban J connectivity index is 1.32. The molecule has 5 rings (SSSR count). The zero-order valence-electron chi connectivity index (χ0n) is 17.6. The second-order valence-corrected chi connectivity index (χ2v) is 8.76. The Hall–Kier alpha value is -2.77. The maximum Gasteiger partial charge on any atom is 0.242 e. The number of benzene rings is 1. The smallest absolute Gasteiger partial charge is 0.242 e. The molecule has 7 heteroatoms. The standard InChI is InChI=1S/C24H29N5O2/c30-23(26-15-19-8-4-5-12-25-19)18-9-10-20-22(14-18)28(16-17-6-2-1-3-7-17)24(31)21-11-13-27-29(20)21/h1-8,12,18,20-22,27H,9-11,13-16H2,(H,26,30). The van der Waals surface area contributed by atoms with E-state index in [1.54, 1.807) is 6.20 Å². The van der Waals surface area contributed by atoms with E-state index in [2.05, 4.69) is 32.9 Å². The predicted octanol–water partition coefficient (Wildman–Crippen LogP) is 1.86. The maximum absolute atomic E-state index is 13.4. The molecule has 4 unspecified atom stereocenters. The predicted molar refractivity (Wildman–Crippen MR) is 116 cm³/mol. The van der Waals surface area contributed by atoms with E-state index in [1.807, 2.05) is 41.3 Å². The highest BCUT2D eigenvalue weighted by molar-refractivity contribution is 5.84. The molecule has 0 bridgehead atoms. The highest BCUT2D eigenvalue weighted by atomic mass is 16.2. The highest BCUT2D eigenvalue weighted by Crippen LogP contribution is 2.38. The van der Waals surface area contributed by atoms with E-state index in [-0.39, 0.29) is 35.9 Å². The summed E-state index contributed by atoms with van der Waals surface area (Å²) in [4.78, 5) is 32.7. The lowest BCUT2D eigenvalue weighted by Crippen LogP contribution is -2.68. The molecule has 1 aromatic carbocycles. The van der Waals surface area contributed by atoms with Crippen LogP contribution in [-0.2, 0) is 22.7 Å². The Morgan fingerprint density at radius 1 is 1.06 bits per heavy atom. The van der Waals surface area contributed by atoms with Crippen molar-refractivity contribution in [1.82, 2.24) is 25.6 Å². The van der Waals surface area contributed by atoms with Gasteiger partial charge in [-0.25, -0.2) is 5.01 Å². The van der Waals surface area contributed by atoms with Crippen LogP contribution in [0.1, 0.15) is 36.9 Å². The molecule has 1 aromatic heterocycles. The molecule has 2 aliphatic heterocycles. The number of amides is 2. The first-order chi connectivity index (χ1) is 15.2. The molecule has 2 amide bonds. The molecule has 2 saturated heterocycles. The van der Waals surface area contributed by atoms with Gasteiger partial charge in [0.25, 0.3) is 0 Å². The van der Waals surface area contributed by atoms with Crippen LogP contribution in [0.5, 0.6) is 0 Å². The average Bonchev–Trinajstić information content (AvgIpc) is 3.32. The van der Waals surface area contributed by atoms with Gasteiger partial charge >= 0.3 is 0 Å². The van der Waals surface area contributed by atoms with Crippen LogP contribution < -0.4 is 10.7 Å². The van der Waals surface area contributed by atoms with Crippen molar-refractivity contribution >= 4 is 11.8 Å². The number of carbonyl (C=O) groups is 2. The van der Waals surface area contributed by atoms with Crippen molar-refractivity contribution in [2.45, 2.75) is 56.9 Å². The summed E-state index contributed by atoms with van der Waals surface area (Å²) >= 11 is 0. The Labute approximate surface area is 182 Å². The summed E-state index contributed by atoms with van der Waals surface area (Å²) in [6.45, 7) is 1.88. The van der Waals surface area contributed by atoms with Crippen molar-refractivity contribution in [3.63, 3.8) is 0 Å². The summed E-state index contributed by atoms with van der Waals surface area (Å²) in [6.07, 6.45) is 5.03. The average molecular weight is 420 g/mol. The first kappa shape index (κ1) is 20.2. The number of rotatable bonds is 5. The third-order valence-electron chi connectivity index (χ3n) is 6.89. The third kappa shape index (κ3) is 4.07. The molecule has 0 radical (unpaired) electrons. The van der Waals surface area contributed by atoms with Gasteiger partial charge in [-0.3, -0.25) is 20.0 Å². The molecule has 31 heavy (non-hydrogen) atoms. The number of hydrazine groups is 1. The summed E-state index contributed by atoms with van der Waals surface area (Å²) in [7, 11) is 0. The van der Waals surface area contributed by atoms with E-state index in [4.69, 9.17) is 0 Å². The number of nitrogens with zero attached hydrogens (tertiary/aromatic N) is 3. The van der Waals surface area contributed by atoms with Crippen molar-refractivity contribution in [2.75, 3.05) is 6.54 Å². The molecule has 162 valence electrons. The van der Waals surface area contributed by atoms with E-state index < -0.39 is 0 Å². The fourth-order valence-corrected chi connectivity index (χ4v) is 5.35. The molecule has 3 fully saturated rings.